The molecular formula is C17H28ClN3. The van der Waals surface area contributed by atoms with Crippen molar-refractivity contribution in [2.75, 3.05) is 38.6 Å². The number of benzene rings is 1. The predicted octanol–water partition coefficient (Wildman–Crippen LogP) is 3.01. The molecule has 0 spiro atoms. The average molecular weight is 310 g/mol. The van der Waals surface area contributed by atoms with Gasteiger partial charge in [0.05, 0.1) is 0 Å². The van der Waals surface area contributed by atoms with Gasteiger partial charge in [0.15, 0.2) is 0 Å². The van der Waals surface area contributed by atoms with Crippen molar-refractivity contribution in [1.82, 2.24) is 4.90 Å². The Balaban J connectivity index is 2.06. The van der Waals surface area contributed by atoms with Crippen LogP contribution in [0.25, 0.3) is 0 Å². The number of piperidine rings is 1. The first-order valence-electron chi connectivity index (χ1n) is 7.89. The maximum absolute atomic E-state index is 6.19. The normalized spacial score (nSPS) is 18.7. The summed E-state index contributed by atoms with van der Waals surface area (Å²) in [6.45, 7) is 5.57. The fourth-order valence-electron chi connectivity index (χ4n) is 3.14. The highest BCUT2D eigenvalue weighted by Crippen LogP contribution is 2.27. The van der Waals surface area contributed by atoms with E-state index >= 15 is 0 Å². The third-order valence-corrected chi connectivity index (χ3v) is 4.61. The molecule has 1 saturated heterocycles. The predicted molar refractivity (Wildman–Crippen MR) is 92.3 cm³/mol. The Hall–Kier alpha value is -0.770. The number of likely N-dealkylation sites (tertiary alicyclic amines) is 1. The summed E-state index contributed by atoms with van der Waals surface area (Å²) >= 11 is 6.19. The van der Waals surface area contributed by atoms with Crippen LogP contribution in [0, 0.1) is 5.92 Å². The second-order valence-electron chi connectivity index (χ2n) is 6.58. The van der Waals surface area contributed by atoms with Crippen LogP contribution in [0.2, 0.25) is 5.02 Å². The van der Waals surface area contributed by atoms with Crippen molar-refractivity contribution in [3.8, 4) is 0 Å². The molecule has 1 aromatic rings. The van der Waals surface area contributed by atoms with Gasteiger partial charge in [-0.15, -0.1) is 0 Å². The van der Waals surface area contributed by atoms with Gasteiger partial charge in [0.2, 0.25) is 0 Å². The number of nitrogens with zero attached hydrogens (tertiary/aromatic N) is 2. The minimum atomic E-state index is 0.168. The monoisotopic (exact) mass is 309 g/mol. The van der Waals surface area contributed by atoms with E-state index in [1.54, 1.807) is 0 Å². The van der Waals surface area contributed by atoms with Gasteiger partial charge < -0.3 is 15.5 Å². The minimum Gasteiger partial charge on any atom is -0.374 e. The van der Waals surface area contributed by atoms with Gasteiger partial charge in [0.1, 0.15) is 0 Å². The van der Waals surface area contributed by atoms with E-state index in [2.05, 4.69) is 43.0 Å². The average Bonchev–Trinajstić information content (AvgIpc) is 2.43. The molecule has 2 rings (SSSR count). The summed E-state index contributed by atoms with van der Waals surface area (Å²) in [5.41, 5.74) is 8.51. The van der Waals surface area contributed by atoms with E-state index in [4.69, 9.17) is 17.3 Å². The van der Waals surface area contributed by atoms with Crippen molar-refractivity contribution in [3.63, 3.8) is 0 Å². The van der Waals surface area contributed by atoms with Crippen LogP contribution in [0.1, 0.15) is 25.3 Å². The third-order valence-electron chi connectivity index (χ3n) is 4.37. The Morgan fingerprint density at radius 2 is 2.05 bits per heavy atom. The summed E-state index contributed by atoms with van der Waals surface area (Å²) in [7, 11) is 4.38. The summed E-state index contributed by atoms with van der Waals surface area (Å²) < 4.78 is 0. The van der Waals surface area contributed by atoms with Gasteiger partial charge in [-0.2, -0.15) is 0 Å². The molecule has 1 fully saturated rings. The molecule has 1 aromatic carbocycles. The molecule has 1 heterocycles. The molecule has 0 radical (unpaired) electrons. The quantitative estimate of drug-likeness (QED) is 0.907. The third kappa shape index (κ3) is 4.87. The van der Waals surface area contributed by atoms with E-state index in [0.717, 1.165) is 23.9 Å². The summed E-state index contributed by atoms with van der Waals surface area (Å²) in [6.07, 6.45) is 3.46. The second-order valence-corrected chi connectivity index (χ2v) is 7.02. The molecule has 0 aromatic heterocycles. The zero-order valence-corrected chi connectivity index (χ0v) is 14.2. The van der Waals surface area contributed by atoms with Crippen LogP contribution in [0.15, 0.2) is 18.2 Å². The van der Waals surface area contributed by atoms with Crippen LogP contribution < -0.4 is 10.6 Å². The molecule has 118 valence electrons. The lowest BCUT2D eigenvalue weighted by Crippen LogP contribution is -2.36. The molecule has 0 aliphatic carbocycles. The Morgan fingerprint density at radius 1 is 1.38 bits per heavy atom. The van der Waals surface area contributed by atoms with Crippen LogP contribution in [0.3, 0.4) is 0 Å². The van der Waals surface area contributed by atoms with Gasteiger partial charge in [-0.3, -0.25) is 0 Å². The fraction of sp³-hybridized carbons (Fsp3) is 0.647. The first-order valence-corrected chi connectivity index (χ1v) is 8.27. The number of hydrogen-bond donors (Lipinski definition) is 1. The molecule has 1 atom stereocenters. The lowest BCUT2D eigenvalue weighted by atomic mass is 9.96. The van der Waals surface area contributed by atoms with E-state index in [-0.39, 0.29) is 6.04 Å². The number of hydrogen-bond acceptors (Lipinski definition) is 3. The topological polar surface area (TPSA) is 32.5 Å². The lowest BCUT2D eigenvalue weighted by molar-refractivity contribution is 0.222. The Bertz CT molecular complexity index is 453. The Labute approximate surface area is 134 Å². The second kappa shape index (κ2) is 7.48. The summed E-state index contributed by atoms with van der Waals surface area (Å²) in [6, 6.07) is 6.33. The zero-order valence-electron chi connectivity index (χ0n) is 13.5. The first kappa shape index (κ1) is 16.6. The first-order chi connectivity index (χ1) is 9.95. The highest BCUT2D eigenvalue weighted by atomic mass is 35.5. The van der Waals surface area contributed by atoms with E-state index < -0.39 is 0 Å². The molecule has 2 N–H and O–H groups in total. The van der Waals surface area contributed by atoms with Crippen molar-refractivity contribution in [2.24, 2.45) is 11.7 Å². The molecular weight excluding hydrogens is 282 g/mol. The van der Waals surface area contributed by atoms with Crippen LogP contribution >= 0.6 is 11.6 Å². The Morgan fingerprint density at radius 3 is 2.67 bits per heavy atom. The molecule has 0 bridgehead atoms. The van der Waals surface area contributed by atoms with Gasteiger partial charge in [-0.1, -0.05) is 17.7 Å². The van der Waals surface area contributed by atoms with Gasteiger partial charge in [-0.05, 0) is 69.9 Å². The van der Waals surface area contributed by atoms with Gasteiger partial charge in [-0.25, -0.2) is 0 Å². The largest absolute Gasteiger partial charge is 0.374 e. The van der Waals surface area contributed by atoms with Gasteiger partial charge in [0, 0.05) is 30.3 Å². The number of anilines is 1. The number of rotatable bonds is 5. The van der Waals surface area contributed by atoms with E-state index in [1.807, 2.05) is 6.07 Å². The molecule has 1 unspecified atom stereocenters. The maximum Gasteiger partial charge on any atom is 0.0426 e. The summed E-state index contributed by atoms with van der Waals surface area (Å²) in [5.74, 6) is 0.772. The molecule has 1 aliphatic rings. The molecule has 0 saturated carbocycles. The van der Waals surface area contributed by atoms with Crippen LogP contribution in [0.4, 0.5) is 5.69 Å². The van der Waals surface area contributed by atoms with Crippen LogP contribution in [-0.2, 0) is 6.42 Å². The molecule has 3 nitrogen and oxygen atoms in total. The van der Waals surface area contributed by atoms with Crippen molar-refractivity contribution in [3.05, 3.63) is 28.8 Å². The standard InChI is InChI=1S/C17H28ClN3/c1-13(19)10-15-4-5-16(18)11-17(15)21(3)12-14-6-8-20(2)9-7-14/h4-5,11,13-14H,6-10,12,19H2,1-3H3. The van der Waals surface area contributed by atoms with Crippen molar-refractivity contribution in [2.45, 2.75) is 32.2 Å². The van der Waals surface area contributed by atoms with Gasteiger partial charge in [0.25, 0.3) is 0 Å². The van der Waals surface area contributed by atoms with Crippen molar-refractivity contribution < 1.29 is 0 Å². The highest BCUT2D eigenvalue weighted by Gasteiger charge is 2.19. The summed E-state index contributed by atoms with van der Waals surface area (Å²) in [4.78, 5) is 4.77. The molecule has 1 aliphatic heterocycles. The SMILES string of the molecule is CC(N)Cc1ccc(Cl)cc1N(C)CC1CCN(C)CC1. The molecule has 21 heavy (non-hydrogen) atoms. The number of halogens is 1. The van der Waals surface area contributed by atoms with Crippen LogP contribution in [0.5, 0.6) is 0 Å². The summed E-state index contributed by atoms with van der Waals surface area (Å²) in [5, 5.41) is 0.800. The molecule has 0 amide bonds. The highest BCUT2D eigenvalue weighted by molar-refractivity contribution is 6.30. The van der Waals surface area contributed by atoms with E-state index in [9.17, 15) is 0 Å². The van der Waals surface area contributed by atoms with Crippen molar-refractivity contribution in [1.29, 1.82) is 0 Å². The zero-order chi connectivity index (χ0) is 15.4. The van der Waals surface area contributed by atoms with E-state index in [0.29, 0.717) is 0 Å². The smallest absolute Gasteiger partial charge is 0.0426 e. The van der Waals surface area contributed by atoms with E-state index in [1.165, 1.54) is 37.2 Å². The fourth-order valence-corrected chi connectivity index (χ4v) is 3.31. The Kier molecular flexibility index (Phi) is 5.91. The molecule has 4 heteroatoms. The number of nitrogens with two attached hydrogens (primary N) is 1. The maximum atomic E-state index is 6.19. The van der Waals surface area contributed by atoms with Gasteiger partial charge >= 0.3 is 0 Å². The van der Waals surface area contributed by atoms with Crippen molar-refractivity contribution >= 4 is 17.3 Å². The van der Waals surface area contributed by atoms with Crippen LogP contribution in [-0.4, -0.2) is 44.7 Å². The lowest BCUT2D eigenvalue weighted by Gasteiger charge is -2.33. The minimum absolute atomic E-state index is 0.168.